The summed E-state index contributed by atoms with van der Waals surface area (Å²) in [6.45, 7) is 13.2. The molecular formula is C29H48O4. The Kier molecular flexibility index (Phi) is 6.84. The Labute approximate surface area is 201 Å². The van der Waals surface area contributed by atoms with Crippen LogP contribution in [0.2, 0.25) is 0 Å². The van der Waals surface area contributed by atoms with E-state index in [-0.39, 0.29) is 24.3 Å². The van der Waals surface area contributed by atoms with Gasteiger partial charge in [-0.05, 0) is 79.4 Å². The summed E-state index contributed by atoms with van der Waals surface area (Å²) in [5.74, 6) is 3.39. The maximum atomic E-state index is 13.6. The molecular weight excluding hydrogens is 412 g/mol. The molecule has 0 unspecified atom stereocenters. The van der Waals surface area contributed by atoms with E-state index in [1.54, 1.807) is 0 Å². The van der Waals surface area contributed by atoms with Gasteiger partial charge in [-0.2, -0.15) is 0 Å². The van der Waals surface area contributed by atoms with Crippen molar-refractivity contribution in [2.45, 2.75) is 124 Å². The second-order valence-electron chi connectivity index (χ2n) is 13.3. The number of hydrogen-bond acceptors (Lipinski definition) is 4. The van der Waals surface area contributed by atoms with E-state index in [4.69, 9.17) is 4.74 Å². The van der Waals surface area contributed by atoms with Crippen LogP contribution in [0, 0.1) is 46.3 Å². The Balaban J connectivity index is 1.52. The van der Waals surface area contributed by atoms with E-state index in [1.165, 1.54) is 45.4 Å². The monoisotopic (exact) mass is 460 g/mol. The lowest BCUT2D eigenvalue weighted by molar-refractivity contribution is -0.217. The summed E-state index contributed by atoms with van der Waals surface area (Å²) in [5.41, 5.74) is -1.41. The van der Waals surface area contributed by atoms with Gasteiger partial charge in [-0.1, -0.05) is 53.9 Å². The molecule has 0 bridgehead atoms. The standard InChI is InChI=1S/C29H48O4/c1-18(2)8-7-9-19(3)23-10-11-24-22-16-26(31)29(32)17-21(33-20(4)30)12-15-28(29,6)25(22)13-14-27(23,24)5/h18-19,21-25,32H,7-17H2,1-6H3/t19-,21-,22+,23+,24+,25+,27+,28+,29-/m0/s1. The molecule has 4 aliphatic rings. The van der Waals surface area contributed by atoms with Crippen molar-refractivity contribution in [2.75, 3.05) is 0 Å². The third kappa shape index (κ3) is 4.10. The summed E-state index contributed by atoms with van der Waals surface area (Å²) in [4.78, 5) is 25.1. The van der Waals surface area contributed by atoms with E-state index in [0.717, 1.165) is 37.0 Å². The molecule has 1 N–H and O–H groups in total. The van der Waals surface area contributed by atoms with Gasteiger partial charge >= 0.3 is 5.97 Å². The Morgan fingerprint density at radius 1 is 1.06 bits per heavy atom. The number of carbonyl (C=O) groups is 2. The summed E-state index contributed by atoms with van der Waals surface area (Å²) in [7, 11) is 0. The highest BCUT2D eigenvalue weighted by molar-refractivity contribution is 5.89. The lowest BCUT2D eigenvalue weighted by Crippen LogP contribution is -2.67. The van der Waals surface area contributed by atoms with Gasteiger partial charge in [-0.25, -0.2) is 0 Å². The first-order valence-corrected chi connectivity index (χ1v) is 13.8. The second kappa shape index (κ2) is 8.95. The molecule has 4 saturated carbocycles. The Hall–Kier alpha value is -0.900. The third-order valence-electron chi connectivity index (χ3n) is 11.1. The first kappa shape index (κ1) is 25.2. The number of fused-ring (bicyclic) bond motifs is 5. The van der Waals surface area contributed by atoms with Crippen molar-refractivity contribution in [3.63, 3.8) is 0 Å². The van der Waals surface area contributed by atoms with Crippen LogP contribution in [0.1, 0.15) is 112 Å². The number of hydrogen-bond donors (Lipinski definition) is 1. The SMILES string of the molecule is CC(=O)O[C@H]1CC[C@]2(C)[C@@H]3CC[C@@]4(C)[C@H](CC[C@@H]4[C@@H](C)CCCC(C)C)[C@H]3CC(=O)[C@@]2(O)C1. The molecule has 4 nitrogen and oxygen atoms in total. The van der Waals surface area contributed by atoms with Crippen LogP contribution in [0.4, 0.5) is 0 Å². The predicted octanol–water partition coefficient (Wildman–Crippen LogP) is 6.33. The number of rotatable bonds is 6. The fourth-order valence-electron chi connectivity index (χ4n) is 9.36. The molecule has 9 atom stereocenters. The van der Waals surface area contributed by atoms with Gasteiger partial charge in [0.15, 0.2) is 5.78 Å². The summed E-state index contributed by atoms with van der Waals surface area (Å²) in [5, 5.41) is 11.8. The number of ketones is 1. The minimum atomic E-state index is -1.34. The van der Waals surface area contributed by atoms with Crippen LogP contribution >= 0.6 is 0 Å². The Morgan fingerprint density at radius 2 is 1.79 bits per heavy atom. The molecule has 0 radical (unpaired) electrons. The molecule has 4 fully saturated rings. The molecule has 0 aromatic rings. The number of ether oxygens (including phenoxy) is 1. The highest BCUT2D eigenvalue weighted by atomic mass is 16.5. The van der Waals surface area contributed by atoms with Gasteiger partial charge < -0.3 is 9.84 Å². The first-order chi connectivity index (χ1) is 15.4. The highest BCUT2D eigenvalue weighted by Gasteiger charge is 2.68. The topological polar surface area (TPSA) is 63.6 Å². The third-order valence-corrected chi connectivity index (χ3v) is 11.1. The van der Waals surface area contributed by atoms with Gasteiger partial charge in [0.25, 0.3) is 0 Å². The van der Waals surface area contributed by atoms with Crippen LogP contribution in [-0.4, -0.2) is 28.6 Å². The smallest absolute Gasteiger partial charge is 0.302 e. The van der Waals surface area contributed by atoms with Gasteiger partial charge in [-0.15, -0.1) is 0 Å². The molecule has 0 saturated heterocycles. The normalized spacial score (nSPS) is 45.8. The molecule has 4 aliphatic carbocycles. The number of esters is 1. The summed E-state index contributed by atoms with van der Waals surface area (Å²) in [6.07, 6.45) is 10.9. The zero-order chi connectivity index (χ0) is 24.2. The molecule has 4 rings (SSSR count). The van der Waals surface area contributed by atoms with Crippen LogP contribution in [0.25, 0.3) is 0 Å². The Bertz CT molecular complexity index is 761. The van der Waals surface area contributed by atoms with Gasteiger partial charge in [0.2, 0.25) is 0 Å². The number of Topliss-reactive ketones (excluding diaryl/α,β-unsaturated/α-hetero) is 1. The van der Waals surface area contributed by atoms with E-state index in [0.29, 0.717) is 29.6 Å². The number of carbonyl (C=O) groups excluding carboxylic acids is 2. The first-order valence-electron chi connectivity index (χ1n) is 13.8. The maximum Gasteiger partial charge on any atom is 0.302 e. The fourth-order valence-corrected chi connectivity index (χ4v) is 9.36. The lowest BCUT2D eigenvalue weighted by atomic mass is 9.42. The molecule has 0 spiro atoms. The molecule has 0 heterocycles. The molecule has 0 aromatic heterocycles. The Morgan fingerprint density at radius 3 is 2.45 bits per heavy atom. The van der Waals surface area contributed by atoms with Crippen LogP contribution in [0.15, 0.2) is 0 Å². The van der Waals surface area contributed by atoms with Crippen molar-refractivity contribution in [1.82, 2.24) is 0 Å². The van der Waals surface area contributed by atoms with Crippen LogP contribution in [0.5, 0.6) is 0 Å². The van der Waals surface area contributed by atoms with Gasteiger partial charge in [0.05, 0.1) is 0 Å². The van der Waals surface area contributed by atoms with Gasteiger partial charge in [0.1, 0.15) is 11.7 Å². The summed E-state index contributed by atoms with van der Waals surface area (Å²) < 4.78 is 5.46. The number of aliphatic hydroxyl groups is 1. The van der Waals surface area contributed by atoms with Crippen molar-refractivity contribution in [3.05, 3.63) is 0 Å². The van der Waals surface area contributed by atoms with Gasteiger partial charge in [-0.3, -0.25) is 9.59 Å². The zero-order valence-corrected chi connectivity index (χ0v) is 22.0. The molecule has 0 amide bonds. The average molecular weight is 461 g/mol. The quantitative estimate of drug-likeness (QED) is 0.470. The van der Waals surface area contributed by atoms with Crippen molar-refractivity contribution >= 4 is 11.8 Å². The van der Waals surface area contributed by atoms with Crippen molar-refractivity contribution in [3.8, 4) is 0 Å². The molecule has 33 heavy (non-hydrogen) atoms. The molecule has 188 valence electrons. The molecule has 0 aliphatic heterocycles. The van der Waals surface area contributed by atoms with E-state index in [9.17, 15) is 14.7 Å². The fraction of sp³-hybridized carbons (Fsp3) is 0.931. The van der Waals surface area contributed by atoms with Crippen molar-refractivity contribution in [2.24, 2.45) is 46.3 Å². The largest absolute Gasteiger partial charge is 0.462 e. The highest BCUT2D eigenvalue weighted by Crippen LogP contribution is 2.68. The van der Waals surface area contributed by atoms with Crippen molar-refractivity contribution in [1.29, 1.82) is 0 Å². The van der Waals surface area contributed by atoms with E-state index < -0.39 is 11.0 Å². The van der Waals surface area contributed by atoms with Crippen LogP contribution in [-0.2, 0) is 14.3 Å². The van der Waals surface area contributed by atoms with E-state index in [2.05, 4.69) is 34.6 Å². The molecule has 0 aromatic carbocycles. The van der Waals surface area contributed by atoms with Crippen molar-refractivity contribution < 1.29 is 19.4 Å². The zero-order valence-electron chi connectivity index (χ0n) is 22.0. The van der Waals surface area contributed by atoms with Crippen LogP contribution < -0.4 is 0 Å². The minimum absolute atomic E-state index is 0.0146. The van der Waals surface area contributed by atoms with E-state index >= 15 is 0 Å². The molecule has 4 heteroatoms. The predicted molar refractivity (Wildman–Crippen MR) is 130 cm³/mol. The minimum Gasteiger partial charge on any atom is -0.462 e. The van der Waals surface area contributed by atoms with E-state index in [1.807, 2.05) is 0 Å². The summed E-state index contributed by atoms with van der Waals surface area (Å²) in [6, 6.07) is 0. The van der Waals surface area contributed by atoms with Gasteiger partial charge in [0, 0.05) is 25.2 Å². The lowest BCUT2D eigenvalue weighted by Gasteiger charge is -2.63. The maximum absolute atomic E-state index is 13.6. The average Bonchev–Trinajstić information content (AvgIpc) is 3.07. The second-order valence-corrected chi connectivity index (χ2v) is 13.3. The van der Waals surface area contributed by atoms with Crippen LogP contribution in [0.3, 0.4) is 0 Å². The summed E-state index contributed by atoms with van der Waals surface area (Å²) >= 11 is 0.